The first-order valence-electron chi connectivity index (χ1n) is 6.90. The van der Waals surface area contributed by atoms with Crippen LogP contribution in [0.25, 0.3) is 6.08 Å². The van der Waals surface area contributed by atoms with Gasteiger partial charge in [-0.05, 0) is 23.8 Å². The Bertz CT molecular complexity index is 731. The van der Waals surface area contributed by atoms with E-state index in [1.165, 1.54) is 6.08 Å². The van der Waals surface area contributed by atoms with Crippen LogP contribution >= 0.6 is 0 Å². The summed E-state index contributed by atoms with van der Waals surface area (Å²) in [4.78, 5) is 11.4. The van der Waals surface area contributed by atoms with Gasteiger partial charge in [0.25, 0.3) is 0 Å². The molecule has 0 spiro atoms. The molecule has 1 aliphatic heterocycles. The fourth-order valence-corrected chi connectivity index (χ4v) is 3.14. The first-order valence-corrected chi connectivity index (χ1v) is 8.56. The average molecular weight is 318 g/mol. The quantitative estimate of drug-likeness (QED) is 0.845. The second kappa shape index (κ2) is 6.70. The number of carbonyl (C=O) groups excluding carboxylic acids is 1. The van der Waals surface area contributed by atoms with Crippen LogP contribution in [0.5, 0.6) is 0 Å². The minimum atomic E-state index is -3.29. The minimum Gasteiger partial charge on any atom is -0.273 e. The number of allylic oxidation sites excluding steroid dienone is 1. The van der Waals surface area contributed by atoms with Gasteiger partial charge in [-0.2, -0.15) is 5.10 Å². The van der Waals surface area contributed by atoms with Gasteiger partial charge in [-0.1, -0.05) is 31.2 Å². The molecule has 1 heterocycles. The number of sulfone groups is 1. The Morgan fingerprint density at radius 3 is 2.59 bits per heavy atom. The molecule has 0 saturated heterocycles. The van der Waals surface area contributed by atoms with Gasteiger partial charge in [-0.25, -0.2) is 13.8 Å². The fraction of sp³-hybridized carbons (Fsp3) is 0.250. The molecule has 6 heteroatoms. The molecule has 1 amide bonds. The predicted octanol–water partition coefficient (Wildman–Crippen LogP) is 2.17. The summed E-state index contributed by atoms with van der Waals surface area (Å²) >= 11 is 0. The van der Waals surface area contributed by atoms with Gasteiger partial charge in [0, 0.05) is 12.3 Å². The van der Waals surface area contributed by atoms with Crippen LogP contribution in [-0.2, 0) is 14.6 Å². The van der Waals surface area contributed by atoms with Gasteiger partial charge >= 0.3 is 0 Å². The number of carbonyl (C=O) groups is 1. The van der Waals surface area contributed by atoms with E-state index in [0.29, 0.717) is 6.42 Å². The molecule has 0 radical (unpaired) electrons. The molecule has 0 fully saturated rings. The zero-order valence-electron chi connectivity index (χ0n) is 12.3. The zero-order chi connectivity index (χ0) is 16.2. The topological polar surface area (TPSA) is 75.6 Å². The maximum Gasteiger partial charge on any atom is 0.240 e. The van der Waals surface area contributed by atoms with Gasteiger partial charge < -0.3 is 0 Å². The van der Waals surface area contributed by atoms with Crippen molar-refractivity contribution in [3.05, 3.63) is 48.6 Å². The number of hydrazone groups is 1. The molecule has 1 aromatic rings. The Morgan fingerprint density at radius 1 is 1.32 bits per heavy atom. The summed E-state index contributed by atoms with van der Waals surface area (Å²) in [6, 6.07) is 6.62. The number of nitrogens with zero attached hydrogens (tertiary/aromatic N) is 1. The summed E-state index contributed by atoms with van der Waals surface area (Å²) in [6.45, 7) is 5.39. The molecular formula is C16H18N2O3S. The number of amides is 1. The maximum atomic E-state index is 11.9. The molecule has 22 heavy (non-hydrogen) atoms. The van der Waals surface area contributed by atoms with E-state index in [2.05, 4.69) is 17.1 Å². The van der Waals surface area contributed by atoms with E-state index in [-0.39, 0.29) is 22.5 Å². The van der Waals surface area contributed by atoms with Crippen LogP contribution in [0.2, 0.25) is 0 Å². The SMILES string of the molecule is C=CCS(=O)(=O)c1ccc(C=CC2=NNC(=O)CC2C)cc1. The molecule has 1 aromatic carbocycles. The van der Waals surface area contributed by atoms with Crippen molar-refractivity contribution in [3.63, 3.8) is 0 Å². The number of nitrogens with one attached hydrogen (secondary N) is 1. The second-order valence-electron chi connectivity index (χ2n) is 5.15. The molecule has 1 aliphatic rings. The Kier molecular flexibility index (Phi) is 4.92. The highest BCUT2D eigenvalue weighted by Gasteiger charge is 2.17. The van der Waals surface area contributed by atoms with Gasteiger partial charge in [0.1, 0.15) is 0 Å². The standard InChI is InChI=1S/C16H18N2O3S/c1-3-10-22(20,21)14-7-4-13(5-8-14)6-9-15-12(2)11-16(19)18-17-15/h3-9,12H,1,10-11H2,2H3,(H,18,19). The molecule has 2 rings (SSSR count). The molecule has 0 bridgehead atoms. The largest absolute Gasteiger partial charge is 0.273 e. The number of hydrogen-bond donors (Lipinski definition) is 1. The van der Waals surface area contributed by atoms with Crippen molar-refractivity contribution >= 4 is 27.5 Å². The molecule has 0 saturated carbocycles. The van der Waals surface area contributed by atoms with E-state index in [4.69, 9.17) is 0 Å². The highest BCUT2D eigenvalue weighted by atomic mass is 32.2. The number of hydrogen-bond acceptors (Lipinski definition) is 4. The minimum absolute atomic E-state index is 0.0669. The van der Waals surface area contributed by atoms with Crippen molar-refractivity contribution in [3.8, 4) is 0 Å². The van der Waals surface area contributed by atoms with Gasteiger partial charge in [-0.3, -0.25) is 4.79 Å². The lowest BCUT2D eigenvalue weighted by atomic mass is 9.99. The maximum absolute atomic E-state index is 11.9. The van der Waals surface area contributed by atoms with E-state index in [1.54, 1.807) is 24.3 Å². The second-order valence-corrected chi connectivity index (χ2v) is 7.18. The van der Waals surface area contributed by atoms with Crippen LogP contribution in [0.4, 0.5) is 0 Å². The van der Waals surface area contributed by atoms with Crippen LogP contribution in [0.1, 0.15) is 18.9 Å². The summed E-state index contributed by atoms with van der Waals surface area (Å²) in [5, 5.41) is 4.01. The van der Waals surface area contributed by atoms with Crippen molar-refractivity contribution < 1.29 is 13.2 Å². The van der Waals surface area contributed by atoms with E-state index < -0.39 is 9.84 Å². The molecule has 0 aromatic heterocycles. The summed E-state index contributed by atoms with van der Waals surface area (Å²) in [5.74, 6) is -0.0883. The zero-order valence-corrected chi connectivity index (χ0v) is 13.1. The summed E-state index contributed by atoms with van der Waals surface area (Å²) in [6.07, 6.45) is 5.47. The third-order valence-corrected chi connectivity index (χ3v) is 4.99. The van der Waals surface area contributed by atoms with E-state index >= 15 is 0 Å². The molecular weight excluding hydrogens is 300 g/mol. The van der Waals surface area contributed by atoms with Crippen molar-refractivity contribution in [1.29, 1.82) is 0 Å². The highest BCUT2D eigenvalue weighted by Crippen LogP contribution is 2.15. The molecule has 1 unspecified atom stereocenters. The van der Waals surface area contributed by atoms with Gasteiger partial charge in [-0.15, -0.1) is 6.58 Å². The van der Waals surface area contributed by atoms with Gasteiger partial charge in [0.15, 0.2) is 9.84 Å². The molecule has 5 nitrogen and oxygen atoms in total. The van der Waals surface area contributed by atoms with E-state index in [9.17, 15) is 13.2 Å². The number of benzene rings is 1. The first kappa shape index (κ1) is 16.2. The first-order chi connectivity index (χ1) is 10.4. The van der Waals surface area contributed by atoms with Crippen molar-refractivity contribution in [2.75, 3.05) is 5.75 Å². The van der Waals surface area contributed by atoms with Gasteiger partial charge in [0.05, 0.1) is 16.4 Å². The lowest BCUT2D eigenvalue weighted by Crippen LogP contribution is -2.30. The Morgan fingerprint density at radius 2 is 2.00 bits per heavy atom. The summed E-state index contributed by atoms with van der Waals surface area (Å²) in [5.41, 5.74) is 4.11. The van der Waals surface area contributed by atoms with E-state index in [0.717, 1.165) is 11.3 Å². The van der Waals surface area contributed by atoms with Crippen LogP contribution < -0.4 is 5.43 Å². The van der Waals surface area contributed by atoms with E-state index in [1.807, 2.05) is 19.1 Å². The molecule has 1 N–H and O–H groups in total. The third-order valence-electron chi connectivity index (χ3n) is 3.33. The Balaban J connectivity index is 2.13. The lowest BCUT2D eigenvalue weighted by Gasteiger charge is -2.16. The summed E-state index contributed by atoms with van der Waals surface area (Å²) in [7, 11) is -3.29. The summed E-state index contributed by atoms with van der Waals surface area (Å²) < 4.78 is 23.7. The normalized spacial score (nSPS) is 18.9. The Labute approximate surface area is 130 Å². The smallest absolute Gasteiger partial charge is 0.240 e. The van der Waals surface area contributed by atoms with Gasteiger partial charge in [0.2, 0.25) is 5.91 Å². The third kappa shape index (κ3) is 3.92. The Hall–Kier alpha value is -2.21. The lowest BCUT2D eigenvalue weighted by molar-refractivity contribution is -0.121. The molecule has 0 aliphatic carbocycles. The number of rotatable bonds is 5. The van der Waals surface area contributed by atoms with Crippen molar-refractivity contribution in [2.45, 2.75) is 18.2 Å². The monoisotopic (exact) mass is 318 g/mol. The van der Waals surface area contributed by atoms with Crippen LogP contribution in [-0.4, -0.2) is 25.8 Å². The van der Waals surface area contributed by atoms with Crippen LogP contribution in [0, 0.1) is 5.92 Å². The fourth-order valence-electron chi connectivity index (χ4n) is 2.09. The van der Waals surface area contributed by atoms with Crippen molar-refractivity contribution in [1.82, 2.24) is 5.43 Å². The molecule has 1 atom stereocenters. The van der Waals surface area contributed by atoms with Crippen molar-refractivity contribution in [2.24, 2.45) is 11.0 Å². The molecule has 116 valence electrons. The highest BCUT2D eigenvalue weighted by molar-refractivity contribution is 7.91. The predicted molar refractivity (Wildman–Crippen MR) is 87.1 cm³/mol. The van der Waals surface area contributed by atoms with Crippen LogP contribution in [0.3, 0.4) is 0 Å². The average Bonchev–Trinajstić information content (AvgIpc) is 2.47. The van der Waals surface area contributed by atoms with Crippen LogP contribution in [0.15, 0.2) is 53.0 Å².